The van der Waals surface area contributed by atoms with Gasteiger partial charge in [-0.25, -0.2) is 0 Å². The smallest absolute Gasteiger partial charge is 0.0481 e. The molecule has 1 aliphatic carbocycles. The highest BCUT2D eigenvalue weighted by Crippen LogP contribution is 2.36. The standard InChI is InChI=1S/C19H32N2/c1-14(13-19(2,3)4)12-17(20-5)16-10-6-8-15-9-7-11-21-18(15)16/h7,9,11,14,16-17,20H,6,8,10,12-13H2,1-5H3. The van der Waals surface area contributed by atoms with E-state index < -0.39 is 0 Å². The molecule has 0 aliphatic heterocycles. The minimum Gasteiger partial charge on any atom is -0.316 e. The van der Waals surface area contributed by atoms with Crippen LogP contribution in [0.2, 0.25) is 0 Å². The Morgan fingerprint density at radius 2 is 2.14 bits per heavy atom. The second-order valence-corrected chi connectivity index (χ2v) is 8.05. The van der Waals surface area contributed by atoms with Crippen molar-refractivity contribution in [2.75, 3.05) is 7.05 Å². The molecule has 1 N–H and O–H groups in total. The number of hydrogen-bond acceptors (Lipinski definition) is 2. The number of pyridine rings is 1. The number of fused-ring (bicyclic) bond motifs is 1. The van der Waals surface area contributed by atoms with Crippen LogP contribution >= 0.6 is 0 Å². The van der Waals surface area contributed by atoms with Gasteiger partial charge in [0.1, 0.15) is 0 Å². The summed E-state index contributed by atoms with van der Waals surface area (Å²) in [6.45, 7) is 9.43. The van der Waals surface area contributed by atoms with E-state index in [1.807, 2.05) is 6.20 Å². The minimum atomic E-state index is 0.417. The van der Waals surface area contributed by atoms with Crippen molar-refractivity contribution in [2.24, 2.45) is 11.3 Å². The lowest BCUT2D eigenvalue weighted by atomic mass is 9.76. The zero-order valence-electron chi connectivity index (χ0n) is 14.4. The first-order valence-corrected chi connectivity index (χ1v) is 8.52. The minimum absolute atomic E-state index is 0.417. The number of nitrogens with one attached hydrogen (secondary N) is 1. The molecule has 2 rings (SSSR count). The van der Waals surface area contributed by atoms with Gasteiger partial charge in [-0.3, -0.25) is 4.98 Å². The molecule has 2 heteroatoms. The number of hydrogen-bond donors (Lipinski definition) is 1. The van der Waals surface area contributed by atoms with Crippen LogP contribution in [-0.4, -0.2) is 18.1 Å². The van der Waals surface area contributed by atoms with Crippen molar-refractivity contribution >= 4 is 0 Å². The summed E-state index contributed by atoms with van der Waals surface area (Å²) in [6, 6.07) is 4.90. The summed E-state index contributed by atoms with van der Waals surface area (Å²) in [6.07, 6.45) is 8.27. The van der Waals surface area contributed by atoms with Crippen LogP contribution in [0.4, 0.5) is 0 Å². The van der Waals surface area contributed by atoms with Crippen LogP contribution in [0.3, 0.4) is 0 Å². The van der Waals surface area contributed by atoms with Gasteiger partial charge in [0.15, 0.2) is 0 Å². The highest BCUT2D eigenvalue weighted by molar-refractivity contribution is 5.27. The van der Waals surface area contributed by atoms with Gasteiger partial charge in [-0.15, -0.1) is 0 Å². The topological polar surface area (TPSA) is 24.9 Å². The first-order valence-electron chi connectivity index (χ1n) is 8.52. The van der Waals surface area contributed by atoms with E-state index in [-0.39, 0.29) is 0 Å². The van der Waals surface area contributed by atoms with Gasteiger partial charge in [-0.1, -0.05) is 33.8 Å². The van der Waals surface area contributed by atoms with Gasteiger partial charge in [-0.2, -0.15) is 0 Å². The van der Waals surface area contributed by atoms with Crippen LogP contribution in [0.15, 0.2) is 18.3 Å². The van der Waals surface area contributed by atoms with E-state index >= 15 is 0 Å². The number of aromatic nitrogens is 1. The third-order valence-corrected chi connectivity index (χ3v) is 4.71. The summed E-state index contributed by atoms with van der Waals surface area (Å²) in [5, 5.41) is 3.59. The molecule has 1 heterocycles. The van der Waals surface area contributed by atoms with Crippen molar-refractivity contribution in [1.82, 2.24) is 10.3 Å². The molecule has 1 aliphatic rings. The molecule has 0 aromatic carbocycles. The van der Waals surface area contributed by atoms with E-state index in [0.29, 0.717) is 17.4 Å². The van der Waals surface area contributed by atoms with E-state index in [0.717, 1.165) is 5.92 Å². The van der Waals surface area contributed by atoms with Crippen LogP contribution in [0, 0.1) is 11.3 Å². The Hall–Kier alpha value is -0.890. The van der Waals surface area contributed by atoms with Gasteiger partial charge in [0.25, 0.3) is 0 Å². The predicted molar refractivity (Wildman–Crippen MR) is 90.6 cm³/mol. The van der Waals surface area contributed by atoms with E-state index in [9.17, 15) is 0 Å². The second kappa shape index (κ2) is 6.91. The number of nitrogens with zero attached hydrogens (tertiary/aromatic N) is 1. The summed E-state index contributed by atoms with van der Waals surface area (Å²) in [7, 11) is 2.12. The maximum atomic E-state index is 4.71. The van der Waals surface area contributed by atoms with Crippen LogP contribution in [0.1, 0.15) is 70.6 Å². The Morgan fingerprint density at radius 1 is 1.38 bits per heavy atom. The molecule has 0 spiro atoms. The van der Waals surface area contributed by atoms with Crippen LogP contribution in [0.25, 0.3) is 0 Å². The molecule has 0 amide bonds. The maximum absolute atomic E-state index is 4.71. The van der Waals surface area contributed by atoms with Crippen LogP contribution < -0.4 is 5.32 Å². The fourth-order valence-electron chi connectivity index (χ4n) is 4.08. The molecular formula is C19H32N2. The van der Waals surface area contributed by atoms with Crippen molar-refractivity contribution in [2.45, 2.75) is 71.8 Å². The van der Waals surface area contributed by atoms with Gasteiger partial charge in [-0.05, 0) is 62.1 Å². The molecule has 0 saturated heterocycles. The quantitative estimate of drug-likeness (QED) is 0.859. The number of aryl methyl sites for hydroxylation is 1. The van der Waals surface area contributed by atoms with Crippen LogP contribution in [0.5, 0.6) is 0 Å². The zero-order chi connectivity index (χ0) is 15.5. The Balaban J connectivity index is 2.08. The first-order chi connectivity index (χ1) is 9.90. The fraction of sp³-hybridized carbons (Fsp3) is 0.737. The van der Waals surface area contributed by atoms with E-state index in [1.54, 1.807) is 0 Å². The van der Waals surface area contributed by atoms with E-state index in [2.05, 4.69) is 52.2 Å². The molecule has 118 valence electrons. The SMILES string of the molecule is CNC(CC(C)CC(C)(C)C)C1CCCc2cccnc21. The summed E-state index contributed by atoms with van der Waals surface area (Å²) < 4.78 is 0. The summed E-state index contributed by atoms with van der Waals surface area (Å²) in [5.41, 5.74) is 3.24. The number of likely N-dealkylation sites (N-methyl/N-ethyl adjacent to an activating group) is 1. The maximum Gasteiger partial charge on any atom is 0.0481 e. The Morgan fingerprint density at radius 3 is 2.81 bits per heavy atom. The molecule has 21 heavy (non-hydrogen) atoms. The fourth-order valence-corrected chi connectivity index (χ4v) is 4.08. The summed E-state index contributed by atoms with van der Waals surface area (Å²) in [5.74, 6) is 1.33. The highest BCUT2D eigenvalue weighted by Gasteiger charge is 2.29. The van der Waals surface area contributed by atoms with Crippen molar-refractivity contribution in [3.05, 3.63) is 29.6 Å². The first kappa shape index (κ1) is 16.5. The Kier molecular flexibility index (Phi) is 5.43. The zero-order valence-corrected chi connectivity index (χ0v) is 14.4. The molecule has 0 radical (unpaired) electrons. The Labute approximate surface area is 130 Å². The molecule has 1 aromatic rings. The molecule has 0 fully saturated rings. The van der Waals surface area contributed by atoms with Crippen molar-refractivity contribution < 1.29 is 0 Å². The molecule has 0 saturated carbocycles. The van der Waals surface area contributed by atoms with Gasteiger partial charge >= 0.3 is 0 Å². The molecule has 3 atom stereocenters. The van der Waals surface area contributed by atoms with E-state index in [4.69, 9.17) is 4.98 Å². The molecule has 3 unspecified atom stereocenters. The van der Waals surface area contributed by atoms with Crippen molar-refractivity contribution in [3.63, 3.8) is 0 Å². The van der Waals surface area contributed by atoms with Gasteiger partial charge in [0, 0.05) is 23.9 Å². The summed E-state index contributed by atoms with van der Waals surface area (Å²) in [4.78, 5) is 4.71. The lowest BCUT2D eigenvalue weighted by molar-refractivity contribution is 0.260. The van der Waals surface area contributed by atoms with Crippen molar-refractivity contribution in [3.8, 4) is 0 Å². The molecular weight excluding hydrogens is 256 g/mol. The van der Waals surface area contributed by atoms with Crippen molar-refractivity contribution in [1.29, 1.82) is 0 Å². The lowest BCUT2D eigenvalue weighted by Gasteiger charge is -2.34. The summed E-state index contributed by atoms with van der Waals surface area (Å²) >= 11 is 0. The largest absolute Gasteiger partial charge is 0.316 e. The average Bonchev–Trinajstić information content (AvgIpc) is 2.42. The second-order valence-electron chi connectivity index (χ2n) is 8.05. The van der Waals surface area contributed by atoms with Gasteiger partial charge in [0.2, 0.25) is 0 Å². The number of rotatable bonds is 5. The normalized spacial score (nSPS) is 21.7. The predicted octanol–water partition coefficient (Wildman–Crippen LogP) is 4.55. The van der Waals surface area contributed by atoms with E-state index in [1.165, 1.54) is 43.4 Å². The van der Waals surface area contributed by atoms with Gasteiger partial charge in [0.05, 0.1) is 0 Å². The Bertz CT molecular complexity index is 447. The third-order valence-electron chi connectivity index (χ3n) is 4.71. The molecule has 0 bridgehead atoms. The molecule has 1 aromatic heterocycles. The van der Waals surface area contributed by atoms with Crippen LogP contribution in [-0.2, 0) is 6.42 Å². The third kappa shape index (κ3) is 4.54. The monoisotopic (exact) mass is 288 g/mol. The average molecular weight is 288 g/mol. The van der Waals surface area contributed by atoms with Gasteiger partial charge < -0.3 is 5.32 Å². The molecule has 2 nitrogen and oxygen atoms in total. The lowest BCUT2D eigenvalue weighted by Crippen LogP contribution is -2.36. The highest BCUT2D eigenvalue weighted by atomic mass is 14.9.